The van der Waals surface area contributed by atoms with Crippen LogP contribution in [0.3, 0.4) is 0 Å². The highest BCUT2D eigenvalue weighted by Gasteiger charge is 2.65. The summed E-state index contributed by atoms with van der Waals surface area (Å²) >= 11 is 0. The molecule has 0 aliphatic heterocycles. The van der Waals surface area contributed by atoms with E-state index >= 15 is 0 Å². The summed E-state index contributed by atoms with van der Waals surface area (Å²) in [5.74, 6) is -7.10. The van der Waals surface area contributed by atoms with Gasteiger partial charge in [-0.3, -0.25) is 24.0 Å². The third kappa shape index (κ3) is 3.51. The number of carbonyl (C=O) groups is 4. The Morgan fingerprint density at radius 3 is 2.44 bits per heavy atom. The van der Waals surface area contributed by atoms with Gasteiger partial charge in [0.25, 0.3) is 5.56 Å². The van der Waals surface area contributed by atoms with Crippen molar-refractivity contribution >= 4 is 40.1 Å². The van der Waals surface area contributed by atoms with Crippen molar-refractivity contribution in [2.75, 3.05) is 14.2 Å². The van der Waals surface area contributed by atoms with Crippen molar-refractivity contribution in [3.05, 3.63) is 97.9 Å². The van der Waals surface area contributed by atoms with Crippen LogP contribution in [0.1, 0.15) is 23.2 Å². The normalized spacial score (nSPS) is 24.1. The molecule has 226 valence electrons. The minimum Gasteiger partial charge on any atom is -0.507 e. The number of oxime groups is 1. The Balaban J connectivity index is 1.51. The number of benzene rings is 2. The van der Waals surface area contributed by atoms with E-state index in [2.05, 4.69) is 10.1 Å². The number of ketones is 4. The highest BCUT2D eigenvalue weighted by Crippen LogP contribution is 2.58. The number of phenols is 1. The number of carbonyl (C=O) groups excluding carboxylic acids is 4. The summed E-state index contributed by atoms with van der Waals surface area (Å²) in [5.41, 5.74) is -2.80. The first-order chi connectivity index (χ1) is 21.6. The number of aromatic hydroxyl groups is 1. The van der Waals surface area contributed by atoms with Crippen molar-refractivity contribution in [2.45, 2.75) is 24.4 Å². The van der Waals surface area contributed by atoms with Gasteiger partial charge < -0.3 is 29.9 Å². The Hall–Kier alpha value is -5.62. The molecule has 0 fully saturated rings. The van der Waals surface area contributed by atoms with E-state index in [-0.39, 0.29) is 35.2 Å². The predicted octanol–water partition coefficient (Wildman–Crippen LogP) is 2.00. The van der Waals surface area contributed by atoms with Crippen LogP contribution in [-0.2, 0) is 40.6 Å². The van der Waals surface area contributed by atoms with Crippen LogP contribution in [0.4, 0.5) is 0 Å². The molecule has 4 N–H and O–H groups in total. The molecule has 1 spiro atoms. The summed E-state index contributed by atoms with van der Waals surface area (Å²) in [5, 5.41) is 38.4. The average Bonchev–Trinajstić information content (AvgIpc) is 3.53. The summed E-state index contributed by atoms with van der Waals surface area (Å²) in [6.07, 6.45) is 0.109. The first-order valence-electron chi connectivity index (χ1n) is 13.9. The number of fused-ring (bicyclic) bond motifs is 4. The molecule has 0 saturated heterocycles. The lowest BCUT2D eigenvalue weighted by molar-refractivity contribution is -0.129. The maximum atomic E-state index is 14.5. The zero-order valence-corrected chi connectivity index (χ0v) is 23.8. The van der Waals surface area contributed by atoms with E-state index in [1.165, 1.54) is 13.3 Å². The van der Waals surface area contributed by atoms with E-state index in [4.69, 9.17) is 9.57 Å². The fourth-order valence-electron chi connectivity index (χ4n) is 7.31. The van der Waals surface area contributed by atoms with E-state index in [9.17, 15) is 39.3 Å². The number of Topliss-reactive ketones (excluding diaryl/α,β-unsaturated/α-hetero) is 3. The van der Waals surface area contributed by atoms with Crippen LogP contribution < -0.4 is 5.56 Å². The Morgan fingerprint density at radius 2 is 1.76 bits per heavy atom. The molecular weight excluding hydrogens is 584 g/mol. The number of hydrogen-bond donors (Lipinski definition) is 4. The number of methoxy groups -OCH3 is 1. The number of rotatable bonds is 4. The van der Waals surface area contributed by atoms with Gasteiger partial charge in [-0.25, -0.2) is 0 Å². The standard InChI is InChI=1S/C33H24N2O10/c1-44-18-11-17(36)21-22(26(18)37)28(39)24-23(27(21)38)30(41)33(31(24)42)9-8-15-19(13-6-4-3-5-7-13)16-10-14(12-34-45-2)35-32(43)20(16)29(40)25(15)33/h3-7,10-12,22,28,38-40H,8-9H2,1-2H3,(H,35,43)/b34-12+. The van der Waals surface area contributed by atoms with Gasteiger partial charge in [-0.2, -0.15) is 0 Å². The molecule has 0 bridgehead atoms. The Labute approximate surface area is 253 Å². The summed E-state index contributed by atoms with van der Waals surface area (Å²) in [6.45, 7) is 0. The van der Waals surface area contributed by atoms with Gasteiger partial charge in [-0.15, -0.1) is 0 Å². The number of nitrogens with one attached hydrogen (secondary N) is 1. The van der Waals surface area contributed by atoms with Crippen LogP contribution in [-0.4, -0.2) is 70.0 Å². The number of H-pyrrole nitrogens is 1. The molecule has 7 rings (SSSR count). The molecule has 3 unspecified atom stereocenters. The molecule has 3 atom stereocenters. The number of aromatic nitrogens is 1. The summed E-state index contributed by atoms with van der Waals surface area (Å²) in [4.78, 5) is 75.9. The van der Waals surface area contributed by atoms with Crippen LogP contribution in [0.25, 0.3) is 21.9 Å². The Bertz CT molecular complexity index is 2120. The largest absolute Gasteiger partial charge is 0.507 e. The van der Waals surface area contributed by atoms with E-state index in [0.717, 1.165) is 13.2 Å². The van der Waals surface area contributed by atoms with Crippen LogP contribution in [0.5, 0.6) is 5.75 Å². The second-order valence-corrected chi connectivity index (χ2v) is 11.2. The van der Waals surface area contributed by atoms with Crippen LogP contribution in [0.15, 0.2) is 80.7 Å². The van der Waals surface area contributed by atoms with Gasteiger partial charge in [0.2, 0.25) is 5.78 Å². The maximum Gasteiger partial charge on any atom is 0.260 e. The van der Waals surface area contributed by atoms with Crippen molar-refractivity contribution < 1.29 is 44.1 Å². The molecule has 0 saturated carbocycles. The molecule has 12 heteroatoms. The SMILES string of the molecule is CO/N=C/c1cc2c(-c3ccccc3)c3c(c(O)c2c(=O)[nH]1)C1(CC3)C(=O)C2=C(C1=O)C(O)C1C(=O)C(OC)=CC(=O)C1=C2O. The molecule has 2 aromatic carbocycles. The number of aliphatic hydroxyl groups is 2. The topological polar surface area (TPSA) is 193 Å². The molecule has 45 heavy (non-hydrogen) atoms. The minimum atomic E-state index is -2.14. The number of pyridine rings is 1. The number of aliphatic hydroxyl groups excluding tert-OH is 2. The van der Waals surface area contributed by atoms with Gasteiger partial charge in [0.15, 0.2) is 23.1 Å². The lowest BCUT2D eigenvalue weighted by atomic mass is 9.73. The first kappa shape index (κ1) is 28.2. The first-order valence-corrected chi connectivity index (χ1v) is 13.9. The van der Waals surface area contributed by atoms with Gasteiger partial charge in [0, 0.05) is 22.6 Å². The number of aromatic amines is 1. The summed E-state index contributed by atoms with van der Waals surface area (Å²) in [7, 11) is 2.50. The zero-order valence-electron chi connectivity index (χ0n) is 23.8. The van der Waals surface area contributed by atoms with Crippen LogP contribution in [0.2, 0.25) is 0 Å². The monoisotopic (exact) mass is 608 g/mol. The summed E-state index contributed by atoms with van der Waals surface area (Å²) in [6, 6.07) is 10.5. The van der Waals surface area contributed by atoms with Gasteiger partial charge in [0.05, 0.1) is 47.6 Å². The van der Waals surface area contributed by atoms with Crippen molar-refractivity contribution in [3.8, 4) is 16.9 Å². The molecule has 0 radical (unpaired) electrons. The second kappa shape index (κ2) is 9.69. The van der Waals surface area contributed by atoms with Crippen LogP contribution >= 0.6 is 0 Å². The number of ether oxygens (including phenoxy) is 1. The van der Waals surface area contributed by atoms with Gasteiger partial charge in [0.1, 0.15) is 24.0 Å². The quantitative estimate of drug-likeness (QED) is 0.193. The molecule has 0 amide bonds. The van der Waals surface area contributed by atoms with E-state index in [0.29, 0.717) is 22.1 Å². The number of allylic oxidation sites excluding steroid dienone is 3. The predicted molar refractivity (Wildman–Crippen MR) is 158 cm³/mol. The van der Waals surface area contributed by atoms with Crippen LogP contribution in [0, 0.1) is 5.92 Å². The van der Waals surface area contributed by atoms with Gasteiger partial charge >= 0.3 is 0 Å². The molecule has 4 aliphatic carbocycles. The van der Waals surface area contributed by atoms with E-state index in [1.807, 2.05) is 0 Å². The van der Waals surface area contributed by atoms with Crippen molar-refractivity contribution in [1.29, 1.82) is 0 Å². The van der Waals surface area contributed by atoms with Crippen molar-refractivity contribution in [2.24, 2.45) is 11.1 Å². The lowest BCUT2D eigenvalue weighted by Gasteiger charge is -2.31. The van der Waals surface area contributed by atoms with E-state index in [1.54, 1.807) is 36.4 Å². The molecule has 1 heterocycles. The zero-order chi connectivity index (χ0) is 31.9. The average molecular weight is 609 g/mol. The van der Waals surface area contributed by atoms with E-state index < -0.39 is 74.4 Å². The second-order valence-electron chi connectivity index (χ2n) is 11.2. The number of nitrogens with zero attached hydrogens (tertiary/aromatic N) is 1. The number of phenolic OH excluding ortho intramolecular Hbond substituents is 1. The molecular formula is C33H24N2O10. The molecule has 4 aliphatic rings. The third-order valence-corrected chi connectivity index (χ3v) is 9.14. The van der Waals surface area contributed by atoms with Crippen molar-refractivity contribution in [3.63, 3.8) is 0 Å². The highest BCUT2D eigenvalue weighted by molar-refractivity contribution is 6.36. The maximum absolute atomic E-state index is 14.5. The number of hydrogen-bond acceptors (Lipinski definition) is 11. The Morgan fingerprint density at radius 1 is 1.02 bits per heavy atom. The molecule has 1 aromatic heterocycles. The minimum absolute atomic E-state index is 0.0967. The Kier molecular flexibility index (Phi) is 6.07. The van der Waals surface area contributed by atoms with Crippen molar-refractivity contribution in [1.82, 2.24) is 4.98 Å². The fraction of sp³-hybridized carbons (Fsp3) is 0.212. The van der Waals surface area contributed by atoms with Gasteiger partial charge in [-0.05, 0) is 35.6 Å². The lowest BCUT2D eigenvalue weighted by Crippen LogP contribution is -2.43. The summed E-state index contributed by atoms with van der Waals surface area (Å²) < 4.78 is 4.99. The highest BCUT2D eigenvalue weighted by atomic mass is 16.6. The fourth-order valence-corrected chi connectivity index (χ4v) is 7.31. The molecule has 3 aromatic rings. The van der Waals surface area contributed by atoms with Gasteiger partial charge in [-0.1, -0.05) is 35.5 Å². The smallest absolute Gasteiger partial charge is 0.260 e. The third-order valence-electron chi connectivity index (χ3n) is 9.14. The molecule has 12 nitrogen and oxygen atoms in total.